The van der Waals surface area contributed by atoms with Crippen LogP contribution in [0.3, 0.4) is 0 Å². The fraction of sp³-hybridized carbons (Fsp3) is 0.333. The molecule has 0 heterocycles. The standard InChI is InChI=1S/C18H20/c1-3-9-15(10-4-1)17-13-7-8-14-18(17)16-11-5-2-6-12-16/h1-6,9-12,17-18H,7-8,13-14H2/t17-,18+. The molecule has 0 N–H and O–H groups in total. The maximum Gasteiger partial charge on any atom is -0.00931 e. The average molecular weight is 236 g/mol. The van der Waals surface area contributed by atoms with E-state index in [9.17, 15) is 0 Å². The van der Waals surface area contributed by atoms with E-state index in [-0.39, 0.29) is 0 Å². The van der Waals surface area contributed by atoms with Crippen LogP contribution in [0.15, 0.2) is 60.7 Å². The Morgan fingerprint density at radius 2 is 0.944 bits per heavy atom. The predicted molar refractivity (Wildman–Crippen MR) is 76.8 cm³/mol. The summed E-state index contributed by atoms with van der Waals surface area (Å²) in [6, 6.07) is 22.1. The van der Waals surface area contributed by atoms with Gasteiger partial charge < -0.3 is 0 Å². The Kier molecular flexibility index (Phi) is 3.45. The van der Waals surface area contributed by atoms with E-state index < -0.39 is 0 Å². The molecule has 0 aromatic heterocycles. The minimum Gasteiger partial charge on any atom is -0.0622 e. The van der Waals surface area contributed by atoms with Gasteiger partial charge in [0.15, 0.2) is 0 Å². The van der Waals surface area contributed by atoms with Gasteiger partial charge in [0, 0.05) is 0 Å². The van der Waals surface area contributed by atoms with Gasteiger partial charge in [-0.3, -0.25) is 0 Å². The summed E-state index contributed by atoms with van der Waals surface area (Å²) in [6.07, 6.45) is 5.43. The van der Waals surface area contributed by atoms with Crippen molar-refractivity contribution in [2.24, 2.45) is 0 Å². The molecule has 1 fully saturated rings. The van der Waals surface area contributed by atoms with Crippen LogP contribution in [0.1, 0.15) is 48.6 Å². The smallest absolute Gasteiger partial charge is 0.00931 e. The van der Waals surface area contributed by atoms with E-state index in [1.54, 1.807) is 0 Å². The first-order chi connectivity index (χ1) is 8.95. The Morgan fingerprint density at radius 1 is 0.556 bits per heavy atom. The highest BCUT2D eigenvalue weighted by Gasteiger charge is 2.27. The minimum atomic E-state index is 0.711. The summed E-state index contributed by atoms with van der Waals surface area (Å²) >= 11 is 0. The molecule has 0 radical (unpaired) electrons. The molecule has 18 heavy (non-hydrogen) atoms. The van der Waals surface area contributed by atoms with Crippen LogP contribution in [0, 0.1) is 0 Å². The van der Waals surface area contributed by atoms with E-state index in [1.807, 2.05) is 0 Å². The van der Waals surface area contributed by atoms with Crippen LogP contribution >= 0.6 is 0 Å². The van der Waals surface area contributed by atoms with Crippen molar-refractivity contribution in [3.05, 3.63) is 71.8 Å². The summed E-state index contributed by atoms with van der Waals surface area (Å²) in [5.74, 6) is 1.42. The maximum atomic E-state index is 2.30. The van der Waals surface area contributed by atoms with Crippen LogP contribution in [0.4, 0.5) is 0 Å². The topological polar surface area (TPSA) is 0 Å². The zero-order valence-electron chi connectivity index (χ0n) is 10.8. The fourth-order valence-electron chi connectivity index (χ4n) is 3.33. The van der Waals surface area contributed by atoms with Crippen LogP contribution in [0.2, 0.25) is 0 Å². The zero-order valence-corrected chi connectivity index (χ0v) is 10.8. The largest absolute Gasteiger partial charge is 0.0622 e. The molecular weight excluding hydrogens is 216 g/mol. The summed E-state index contributed by atoms with van der Waals surface area (Å²) in [7, 11) is 0. The van der Waals surface area contributed by atoms with Gasteiger partial charge in [0.1, 0.15) is 0 Å². The lowest BCUT2D eigenvalue weighted by atomic mass is 9.72. The molecule has 0 amide bonds. The molecule has 3 rings (SSSR count). The zero-order chi connectivity index (χ0) is 12.2. The molecule has 2 atom stereocenters. The molecule has 2 aromatic carbocycles. The molecular formula is C18H20. The first-order valence-electron chi connectivity index (χ1n) is 7.05. The van der Waals surface area contributed by atoms with Crippen molar-refractivity contribution in [2.75, 3.05) is 0 Å². The molecule has 0 bridgehead atoms. The molecule has 0 spiro atoms. The summed E-state index contributed by atoms with van der Waals surface area (Å²) < 4.78 is 0. The minimum absolute atomic E-state index is 0.711. The predicted octanol–water partition coefficient (Wildman–Crippen LogP) is 5.13. The Hall–Kier alpha value is -1.56. The van der Waals surface area contributed by atoms with Crippen molar-refractivity contribution in [3.63, 3.8) is 0 Å². The third-order valence-corrected chi connectivity index (χ3v) is 4.22. The average Bonchev–Trinajstić information content (AvgIpc) is 2.49. The summed E-state index contributed by atoms with van der Waals surface area (Å²) in [6.45, 7) is 0. The van der Waals surface area contributed by atoms with Gasteiger partial charge in [-0.1, -0.05) is 73.5 Å². The Balaban J connectivity index is 1.92. The van der Waals surface area contributed by atoms with Crippen LogP contribution in [-0.4, -0.2) is 0 Å². The van der Waals surface area contributed by atoms with E-state index in [2.05, 4.69) is 60.7 Å². The number of hydrogen-bond acceptors (Lipinski definition) is 0. The molecule has 1 saturated carbocycles. The van der Waals surface area contributed by atoms with Crippen molar-refractivity contribution in [1.29, 1.82) is 0 Å². The first kappa shape index (κ1) is 11.5. The highest BCUT2D eigenvalue weighted by Crippen LogP contribution is 2.43. The van der Waals surface area contributed by atoms with Gasteiger partial charge in [-0.05, 0) is 35.8 Å². The van der Waals surface area contributed by atoms with Crippen LogP contribution < -0.4 is 0 Å². The molecule has 0 nitrogen and oxygen atoms in total. The van der Waals surface area contributed by atoms with Gasteiger partial charge in [-0.25, -0.2) is 0 Å². The highest BCUT2D eigenvalue weighted by molar-refractivity contribution is 5.29. The Morgan fingerprint density at radius 3 is 1.33 bits per heavy atom. The SMILES string of the molecule is c1ccc([C@H]2CCCC[C@H]2c2ccccc2)cc1. The van der Waals surface area contributed by atoms with E-state index >= 15 is 0 Å². The van der Waals surface area contributed by atoms with Gasteiger partial charge in [0.25, 0.3) is 0 Å². The third kappa shape index (κ3) is 2.33. The molecule has 92 valence electrons. The number of rotatable bonds is 2. The second-order valence-corrected chi connectivity index (χ2v) is 5.32. The second kappa shape index (κ2) is 5.39. The van der Waals surface area contributed by atoms with Crippen molar-refractivity contribution < 1.29 is 0 Å². The number of benzene rings is 2. The van der Waals surface area contributed by atoms with Crippen LogP contribution in [0.5, 0.6) is 0 Å². The van der Waals surface area contributed by atoms with Gasteiger partial charge in [0.2, 0.25) is 0 Å². The second-order valence-electron chi connectivity index (χ2n) is 5.32. The molecule has 0 aliphatic heterocycles. The summed E-state index contributed by atoms with van der Waals surface area (Å²) in [4.78, 5) is 0. The fourth-order valence-corrected chi connectivity index (χ4v) is 3.33. The Bertz CT molecular complexity index is 424. The van der Waals surface area contributed by atoms with E-state index in [4.69, 9.17) is 0 Å². The van der Waals surface area contributed by atoms with Crippen LogP contribution in [0.25, 0.3) is 0 Å². The van der Waals surface area contributed by atoms with Gasteiger partial charge in [0.05, 0.1) is 0 Å². The molecule has 1 aliphatic carbocycles. The van der Waals surface area contributed by atoms with Crippen LogP contribution in [-0.2, 0) is 0 Å². The Labute approximate surface area is 110 Å². The quantitative estimate of drug-likeness (QED) is 0.678. The van der Waals surface area contributed by atoms with Crippen molar-refractivity contribution in [1.82, 2.24) is 0 Å². The molecule has 0 unspecified atom stereocenters. The molecule has 2 aromatic rings. The van der Waals surface area contributed by atoms with Gasteiger partial charge in [-0.15, -0.1) is 0 Å². The molecule has 1 aliphatic rings. The first-order valence-corrected chi connectivity index (χ1v) is 7.05. The summed E-state index contributed by atoms with van der Waals surface area (Å²) in [5, 5.41) is 0. The van der Waals surface area contributed by atoms with Crippen molar-refractivity contribution in [3.8, 4) is 0 Å². The summed E-state index contributed by atoms with van der Waals surface area (Å²) in [5.41, 5.74) is 3.04. The van der Waals surface area contributed by atoms with E-state index in [0.29, 0.717) is 11.8 Å². The third-order valence-electron chi connectivity index (χ3n) is 4.22. The monoisotopic (exact) mass is 236 g/mol. The highest BCUT2D eigenvalue weighted by atomic mass is 14.3. The van der Waals surface area contributed by atoms with Gasteiger partial charge >= 0.3 is 0 Å². The maximum absolute atomic E-state index is 2.30. The molecule has 0 saturated heterocycles. The van der Waals surface area contributed by atoms with Crippen molar-refractivity contribution in [2.45, 2.75) is 37.5 Å². The number of hydrogen-bond donors (Lipinski definition) is 0. The van der Waals surface area contributed by atoms with E-state index in [0.717, 1.165) is 0 Å². The van der Waals surface area contributed by atoms with E-state index in [1.165, 1.54) is 36.8 Å². The lowest BCUT2D eigenvalue weighted by Crippen LogP contribution is -2.16. The van der Waals surface area contributed by atoms with Crippen molar-refractivity contribution >= 4 is 0 Å². The van der Waals surface area contributed by atoms with Gasteiger partial charge in [-0.2, -0.15) is 0 Å². The lowest BCUT2D eigenvalue weighted by Gasteiger charge is -2.32. The lowest BCUT2D eigenvalue weighted by molar-refractivity contribution is 0.386. The normalized spacial score (nSPS) is 23.8. The molecule has 0 heteroatoms.